The summed E-state index contributed by atoms with van der Waals surface area (Å²) in [4.78, 5) is 18.0. The molecule has 0 bridgehead atoms. The van der Waals surface area contributed by atoms with Crippen LogP contribution in [0.15, 0.2) is 65.6 Å². The van der Waals surface area contributed by atoms with Crippen molar-refractivity contribution in [3.63, 3.8) is 0 Å². The lowest BCUT2D eigenvalue weighted by atomic mass is 9.98. The van der Waals surface area contributed by atoms with Gasteiger partial charge in [0.05, 0.1) is 11.9 Å². The maximum absolute atomic E-state index is 13.2. The Kier molecular flexibility index (Phi) is 5.10. The van der Waals surface area contributed by atoms with Crippen molar-refractivity contribution in [2.75, 3.05) is 0 Å². The smallest absolute Gasteiger partial charge is 0.263 e. The summed E-state index contributed by atoms with van der Waals surface area (Å²) in [5, 5.41) is 15.1. The number of H-pyrrole nitrogens is 1. The van der Waals surface area contributed by atoms with Gasteiger partial charge < -0.3 is 4.57 Å². The molecule has 3 heterocycles. The normalized spacial score (nSPS) is 11.3. The Morgan fingerprint density at radius 1 is 1.00 bits per heavy atom. The van der Waals surface area contributed by atoms with Gasteiger partial charge in [0, 0.05) is 25.2 Å². The summed E-state index contributed by atoms with van der Waals surface area (Å²) in [7, 11) is 1.92. The molecule has 0 unspecified atom stereocenters. The molecule has 2 aromatic carbocycles. The minimum atomic E-state index is 0.00517. The quantitative estimate of drug-likeness (QED) is 0.449. The molecule has 160 valence electrons. The van der Waals surface area contributed by atoms with Gasteiger partial charge in [-0.3, -0.25) is 9.36 Å². The van der Waals surface area contributed by atoms with E-state index in [2.05, 4.69) is 51.8 Å². The maximum atomic E-state index is 13.2. The first kappa shape index (κ1) is 19.9. The predicted molar refractivity (Wildman–Crippen MR) is 123 cm³/mol. The van der Waals surface area contributed by atoms with Gasteiger partial charge in [0.2, 0.25) is 5.82 Å². The molecule has 0 radical (unpaired) electrons. The summed E-state index contributed by atoms with van der Waals surface area (Å²) in [5.74, 6) is 1.38. The third kappa shape index (κ3) is 3.49. The van der Waals surface area contributed by atoms with Crippen molar-refractivity contribution in [1.29, 1.82) is 0 Å². The largest absolute Gasteiger partial charge is 0.335 e. The predicted octanol–water partition coefficient (Wildman–Crippen LogP) is 3.58. The van der Waals surface area contributed by atoms with Gasteiger partial charge in [0.1, 0.15) is 11.5 Å². The molecule has 32 heavy (non-hydrogen) atoms. The number of aryl methyl sites for hydroxylation is 2. The van der Waals surface area contributed by atoms with E-state index in [-0.39, 0.29) is 5.56 Å². The third-order valence-corrected chi connectivity index (χ3v) is 5.65. The number of nitrogens with zero attached hydrogens (tertiary/aromatic N) is 6. The molecule has 5 rings (SSSR count). The van der Waals surface area contributed by atoms with E-state index in [4.69, 9.17) is 4.98 Å². The number of benzene rings is 2. The highest BCUT2D eigenvalue weighted by Gasteiger charge is 2.14. The highest BCUT2D eigenvalue weighted by atomic mass is 16.1. The van der Waals surface area contributed by atoms with Gasteiger partial charge in [-0.05, 0) is 34.4 Å². The summed E-state index contributed by atoms with van der Waals surface area (Å²) in [6.07, 6.45) is 3.57. The van der Waals surface area contributed by atoms with Gasteiger partial charge >= 0.3 is 0 Å². The van der Waals surface area contributed by atoms with Crippen LogP contribution in [0.3, 0.4) is 0 Å². The Hall–Kier alpha value is -4.07. The summed E-state index contributed by atoms with van der Waals surface area (Å²) >= 11 is 0. The van der Waals surface area contributed by atoms with E-state index in [0.717, 1.165) is 46.6 Å². The second kappa shape index (κ2) is 8.22. The third-order valence-electron chi connectivity index (χ3n) is 5.65. The molecular formula is C24H23N7O. The van der Waals surface area contributed by atoms with Crippen molar-refractivity contribution in [3.05, 3.63) is 82.5 Å². The molecule has 0 aliphatic carbocycles. The van der Waals surface area contributed by atoms with Crippen LogP contribution < -0.4 is 5.56 Å². The number of fused-ring (bicyclic) bond motifs is 1. The fourth-order valence-electron chi connectivity index (χ4n) is 4.03. The molecule has 0 aliphatic rings. The van der Waals surface area contributed by atoms with Gasteiger partial charge in [-0.15, -0.1) is 10.2 Å². The van der Waals surface area contributed by atoms with Crippen molar-refractivity contribution in [2.24, 2.45) is 7.05 Å². The minimum absolute atomic E-state index is 0.00517. The lowest BCUT2D eigenvalue weighted by molar-refractivity contribution is 0.662. The van der Waals surface area contributed by atoms with E-state index in [1.165, 1.54) is 0 Å². The van der Waals surface area contributed by atoms with Crippen LogP contribution >= 0.6 is 0 Å². The number of rotatable bonds is 6. The van der Waals surface area contributed by atoms with Crippen LogP contribution in [-0.2, 0) is 20.0 Å². The van der Waals surface area contributed by atoms with Crippen LogP contribution in [0.2, 0.25) is 0 Å². The first-order valence-electron chi connectivity index (χ1n) is 10.6. The fourth-order valence-corrected chi connectivity index (χ4v) is 4.03. The lowest BCUT2D eigenvalue weighted by Crippen LogP contribution is -2.26. The molecule has 0 fully saturated rings. The molecule has 0 saturated carbocycles. The standard InChI is InChI=1S/C24H23N7O/c1-3-6-21-25-23-20(13-14-30(23)2)24(32)31(21)15-16-9-11-17(12-10-16)18-7-4-5-8-19(18)22-26-28-29-27-22/h4-5,7-14H,3,6,15H2,1-2H3,(H,26,27,28,29). The molecule has 0 aliphatic heterocycles. The second-order valence-electron chi connectivity index (χ2n) is 7.81. The lowest BCUT2D eigenvalue weighted by Gasteiger charge is -2.13. The van der Waals surface area contributed by atoms with Gasteiger partial charge in [0.25, 0.3) is 5.56 Å². The molecule has 0 spiro atoms. The molecule has 1 N–H and O–H groups in total. The zero-order valence-corrected chi connectivity index (χ0v) is 18.0. The molecule has 8 heteroatoms. The topological polar surface area (TPSA) is 94.3 Å². The second-order valence-corrected chi connectivity index (χ2v) is 7.81. The number of aromatic amines is 1. The van der Waals surface area contributed by atoms with Gasteiger partial charge in [-0.2, -0.15) is 5.21 Å². The van der Waals surface area contributed by atoms with Crippen molar-refractivity contribution in [2.45, 2.75) is 26.3 Å². The van der Waals surface area contributed by atoms with Crippen LogP contribution in [-0.4, -0.2) is 34.7 Å². The highest BCUT2D eigenvalue weighted by molar-refractivity contribution is 5.80. The summed E-state index contributed by atoms with van der Waals surface area (Å²) < 4.78 is 3.70. The summed E-state index contributed by atoms with van der Waals surface area (Å²) in [5.41, 5.74) is 4.77. The molecule has 3 aromatic heterocycles. The number of hydrogen-bond acceptors (Lipinski definition) is 5. The first-order valence-corrected chi connectivity index (χ1v) is 10.6. The van der Waals surface area contributed by atoms with E-state index >= 15 is 0 Å². The van der Waals surface area contributed by atoms with E-state index in [1.807, 2.05) is 48.1 Å². The van der Waals surface area contributed by atoms with Crippen LogP contribution in [0, 0.1) is 0 Å². The fraction of sp³-hybridized carbons (Fsp3) is 0.208. The van der Waals surface area contributed by atoms with Crippen molar-refractivity contribution >= 4 is 11.0 Å². The van der Waals surface area contributed by atoms with E-state index in [9.17, 15) is 4.79 Å². The van der Waals surface area contributed by atoms with Crippen molar-refractivity contribution in [1.82, 2.24) is 34.7 Å². The van der Waals surface area contributed by atoms with Crippen molar-refractivity contribution in [3.8, 4) is 22.5 Å². The highest BCUT2D eigenvalue weighted by Crippen LogP contribution is 2.29. The Labute approximate surface area is 184 Å². The summed E-state index contributed by atoms with van der Waals surface area (Å²) in [6.45, 7) is 2.58. The number of nitrogens with one attached hydrogen (secondary N) is 1. The maximum Gasteiger partial charge on any atom is 0.263 e. The van der Waals surface area contributed by atoms with E-state index in [0.29, 0.717) is 17.8 Å². The monoisotopic (exact) mass is 425 g/mol. The first-order chi connectivity index (χ1) is 15.7. The number of tetrazole rings is 1. The Bertz CT molecular complexity index is 1430. The van der Waals surface area contributed by atoms with E-state index in [1.54, 1.807) is 4.57 Å². The van der Waals surface area contributed by atoms with E-state index < -0.39 is 0 Å². The molecule has 0 atom stereocenters. The molecule has 5 aromatic rings. The van der Waals surface area contributed by atoms with Crippen LogP contribution in [0.1, 0.15) is 24.7 Å². The number of hydrogen-bond donors (Lipinski definition) is 1. The SMILES string of the molecule is CCCc1nc2c(ccn2C)c(=O)n1Cc1ccc(-c2ccccc2-c2nn[nH]n2)cc1. The Morgan fingerprint density at radius 2 is 1.78 bits per heavy atom. The van der Waals surface area contributed by atoms with Crippen LogP contribution in [0.25, 0.3) is 33.5 Å². The minimum Gasteiger partial charge on any atom is -0.335 e. The molecule has 0 amide bonds. The van der Waals surface area contributed by atoms with Gasteiger partial charge in [-0.25, -0.2) is 4.98 Å². The Balaban J connectivity index is 1.50. The van der Waals surface area contributed by atoms with Crippen LogP contribution in [0.4, 0.5) is 0 Å². The summed E-state index contributed by atoms with van der Waals surface area (Å²) in [6, 6.07) is 18.0. The average Bonchev–Trinajstić information content (AvgIpc) is 3.48. The van der Waals surface area contributed by atoms with Crippen molar-refractivity contribution < 1.29 is 0 Å². The van der Waals surface area contributed by atoms with Gasteiger partial charge in [-0.1, -0.05) is 55.5 Å². The zero-order chi connectivity index (χ0) is 22.1. The molecular weight excluding hydrogens is 402 g/mol. The number of aromatic nitrogens is 7. The molecule has 0 saturated heterocycles. The van der Waals surface area contributed by atoms with Crippen LogP contribution in [0.5, 0.6) is 0 Å². The van der Waals surface area contributed by atoms with Gasteiger partial charge in [0.15, 0.2) is 0 Å². The average molecular weight is 425 g/mol. The Morgan fingerprint density at radius 3 is 2.50 bits per heavy atom. The molecule has 8 nitrogen and oxygen atoms in total. The zero-order valence-electron chi connectivity index (χ0n) is 18.0.